The quantitative estimate of drug-likeness (QED) is 0.928. The molecule has 1 aromatic carbocycles. The third-order valence-corrected chi connectivity index (χ3v) is 2.84. The second-order valence-corrected chi connectivity index (χ2v) is 4.73. The number of aromatic nitrogens is 1. The predicted molar refractivity (Wildman–Crippen MR) is 78.9 cm³/mol. The molecule has 0 spiro atoms. The maximum absolute atomic E-state index is 12.0. The molecule has 2 aromatic rings. The molecule has 0 saturated heterocycles. The van der Waals surface area contributed by atoms with Crippen molar-refractivity contribution in [1.82, 2.24) is 4.98 Å². The molecule has 1 heterocycles. The van der Waals surface area contributed by atoms with Crippen LogP contribution in [0.2, 0.25) is 0 Å². The summed E-state index contributed by atoms with van der Waals surface area (Å²) in [6, 6.07) is 13.1. The number of hydrogen-bond donors (Lipinski definition) is 1. The van der Waals surface area contributed by atoms with Gasteiger partial charge in [-0.25, -0.2) is 4.98 Å². The van der Waals surface area contributed by atoms with Gasteiger partial charge in [0.05, 0.1) is 0 Å². The standard InChI is InChI=1S/C16H18N2O2/c1-11-7-9-14(10-8-11)20-13(3)16(19)18-15-6-4-5-12(2)17-15/h4-10,13H,1-3H3,(H,17,18,19)/t13-/m0/s1. The molecule has 2 rings (SSSR count). The highest BCUT2D eigenvalue weighted by atomic mass is 16.5. The van der Waals surface area contributed by atoms with Gasteiger partial charge in [-0.05, 0) is 45.0 Å². The average Bonchev–Trinajstić information content (AvgIpc) is 2.41. The van der Waals surface area contributed by atoms with Crippen molar-refractivity contribution >= 4 is 11.7 Å². The summed E-state index contributed by atoms with van der Waals surface area (Å²) in [5, 5.41) is 2.74. The van der Waals surface area contributed by atoms with Crippen molar-refractivity contribution in [1.29, 1.82) is 0 Å². The van der Waals surface area contributed by atoms with Crippen molar-refractivity contribution < 1.29 is 9.53 Å². The molecule has 0 bridgehead atoms. The lowest BCUT2D eigenvalue weighted by Gasteiger charge is -2.14. The summed E-state index contributed by atoms with van der Waals surface area (Å²) >= 11 is 0. The zero-order chi connectivity index (χ0) is 14.5. The Bertz CT molecular complexity index is 594. The fraction of sp³-hybridized carbons (Fsp3) is 0.250. The second kappa shape index (κ2) is 6.19. The molecule has 0 aliphatic rings. The van der Waals surface area contributed by atoms with Gasteiger partial charge in [-0.15, -0.1) is 0 Å². The number of amides is 1. The van der Waals surface area contributed by atoms with Gasteiger partial charge in [0.25, 0.3) is 5.91 Å². The third kappa shape index (κ3) is 3.82. The number of nitrogens with one attached hydrogen (secondary N) is 1. The van der Waals surface area contributed by atoms with Gasteiger partial charge in [0.15, 0.2) is 6.10 Å². The Morgan fingerprint density at radius 3 is 2.50 bits per heavy atom. The van der Waals surface area contributed by atoms with Crippen LogP contribution in [0.3, 0.4) is 0 Å². The summed E-state index contributed by atoms with van der Waals surface area (Å²) in [6.07, 6.45) is -0.583. The molecule has 0 aliphatic carbocycles. The number of benzene rings is 1. The summed E-state index contributed by atoms with van der Waals surface area (Å²) in [7, 11) is 0. The van der Waals surface area contributed by atoms with Gasteiger partial charge in [0.2, 0.25) is 0 Å². The molecule has 0 radical (unpaired) electrons. The van der Waals surface area contributed by atoms with Crippen LogP contribution >= 0.6 is 0 Å². The van der Waals surface area contributed by atoms with Gasteiger partial charge in [-0.2, -0.15) is 0 Å². The molecule has 20 heavy (non-hydrogen) atoms. The van der Waals surface area contributed by atoms with E-state index >= 15 is 0 Å². The van der Waals surface area contributed by atoms with Gasteiger partial charge in [0.1, 0.15) is 11.6 Å². The normalized spacial score (nSPS) is 11.8. The first-order valence-electron chi connectivity index (χ1n) is 6.52. The highest BCUT2D eigenvalue weighted by molar-refractivity contribution is 5.93. The van der Waals surface area contributed by atoms with E-state index in [1.807, 2.05) is 50.2 Å². The smallest absolute Gasteiger partial charge is 0.266 e. The molecular weight excluding hydrogens is 252 g/mol. The van der Waals surface area contributed by atoms with Gasteiger partial charge >= 0.3 is 0 Å². The van der Waals surface area contributed by atoms with Crippen molar-refractivity contribution in [3.05, 3.63) is 53.7 Å². The number of aryl methyl sites for hydroxylation is 2. The highest BCUT2D eigenvalue weighted by Crippen LogP contribution is 2.14. The molecule has 1 aromatic heterocycles. The van der Waals surface area contributed by atoms with E-state index in [1.54, 1.807) is 13.0 Å². The number of nitrogens with zero attached hydrogens (tertiary/aromatic N) is 1. The monoisotopic (exact) mass is 270 g/mol. The first kappa shape index (κ1) is 14.1. The van der Waals surface area contributed by atoms with Crippen molar-refractivity contribution in [3.63, 3.8) is 0 Å². The molecule has 1 amide bonds. The number of pyridine rings is 1. The topological polar surface area (TPSA) is 51.2 Å². The summed E-state index contributed by atoms with van der Waals surface area (Å²) in [5.74, 6) is 0.994. The maximum Gasteiger partial charge on any atom is 0.266 e. The molecule has 104 valence electrons. The Morgan fingerprint density at radius 2 is 1.85 bits per heavy atom. The van der Waals surface area contributed by atoms with Crippen LogP contribution in [0.4, 0.5) is 5.82 Å². The molecule has 4 nitrogen and oxygen atoms in total. The number of anilines is 1. The Balaban J connectivity index is 1.96. The fourth-order valence-corrected chi connectivity index (χ4v) is 1.72. The number of ether oxygens (including phenoxy) is 1. The van der Waals surface area contributed by atoms with Crippen LogP contribution in [0, 0.1) is 13.8 Å². The lowest BCUT2D eigenvalue weighted by atomic mass is 10.2. The molecule has 1 atom stereocenters. The van der Waals surface area contributed by atoms with Crippen LogP contribution in [0.1, 0.15) is 18.2 Å². The van der Waals surface area contributed by atoms with Gasteiger partial charge in [0, 0.05) is 5.69 Å². The largest absolute Gasteiger partial charge is 0.481 e. The van der Waals surface area contributed by atoms with Gasteiger partial charge in [-0.1, -0.05) is 23.8 Å². The first-order valence-corrected chi connectivity index (χ1v) is 6.52. The second-order valence-electron chi connectivity index (χ2n) is 4.73. The molecular formula is C16H18N2O2. The minimum atomic E-state index is -0.583. The van der Waals surface area contributed by atoms with E-state index < -0.39 is 6.10 Å². The van der Waals surface area contributed by atoms with Crippen molar-refractivity contribution in [2.45, 2.75) is 26.9 Å². The Kier molecular flexibility index (Phi) is 4.35. The minimum absolute atomic E-state index is 0.219. The van der Waals surface area contributed by atoms with Crippen LogP contribution < -0.4 is 10.1 Å². The highest BCUT2D eigenvalue weighted by Gasteiger charge is 2.15. The van der Waals surface area contributed by atoms with Crippen LogP contribution in [-0.4, -0.2) is 17.0 Å². The molecule has 0 unspecified atom stereocenters. The third-order valence-electron chi connectivity index (χ3n) is 2.84. The number of hydrogen-bond acceptors (Lipinski definition) is 3. The van der Waals surface area contributed by atoms with Crippen molar-refractivity contribution in [2.24, 2.45) is 0 Å². The van der Waals surface area contributed by atoms with Crippen LogP contribution in [0.15, 0.2) is 42.5 Å². The van der Waals surface area contributed by atoms with E-state index in [4.69, 9.17) is 4.74 Å². The zero-order valence-corrected chi connectivity index (χ0v) is 11.9. The molecule has 4 heteroatoms. The number of carbonyl (C=O) groups is 1. The maximum atomic E-state index is 12.0. The lowest BCUT2D eigenvalue weighted by Crippen LogP contribution is -2.30. The average molecular weight is 270 g/mol. The molecule has 0 fully saturated rings. The van der Waals surface area contributed by atoms with Crippen LogP contribution in [0.25, 0.3) is 0 Å². The Morgan fingerprint density at radius 1 is 1.15 bits per heavy atom. The van der Waals surface area contributed by atoms with Crippen LogP contribution in [0.5, 0.6) is 5.75 Å². The van der Waals surface area contributed by atoms with Gasteiger partial charge < -0.3 is 10.1 Å². The number of carbonyl (C=O) groups excluding carboxylic acids is 1. The van der Waals surface area contributed by atoms with E-state index in [2.05, 4.69) is 10.3 Å². The SMILES string of the molecule is Cc1ccc(O[C@@H](C)C(=O)Nc2cccc(C)n2)cc1. The van der Waals surface area contributed by atoms with E-state index in [0.717, 1.165) is 11.3 Å². The van der Waals surface area contributed by atoms with Crippen molar-refractivity contribution in [3.8, 4) is 5.75 Å². The summed E-state index contributed by atoms with van der Waals surface area (Å²) in [4.78, 5) is 16.2. The molecule has 0 saturated carbocycles. The first-order chi connectivity index (χ1) is 9.54. The lowest BCUT2D eigenvalue weighted by molar-refractivity contribution is -0.122. The molecule has 0 aliphatic heterocycles. The Labute approximate surface area is 118 Å². The van der Waals surface area contributed by atoms with Crippen molar-refractivity contribution in [2.75, 3.05) is 5.32 Å². The summed E-state index contributed by atoms with van der Waals surface area (Å²) < 4.78 is 5.59. The summed E-state index contributed by atoms with van der Waals surface area (Å²) in [5.41, 5.74) is 2.01. The summed E-state index contributed by atoms with van der Waals surface area (Å²) in [6.45, 7) is 5.59. The minimum Gasteiger partial charge on any atom is -0.481 e. The van der Waals surface area contributed by atoms with E-state index in [-0.39, 0.29) is 5.91 Å². The Hall–Kier alpha value is -2.36. The van der Waals surface area contributed by atoms with Crippen LogP contribution in [-0.2, 0) is 4.79 Å². The fourth-order valence-electron chi connectivity index (χ4n) is 1.72. The van der Waals surface area contributed by atoms with E-state index in [9.17, 15) is 4.79 Å². The molecule has 1 N–H and O–H groups in total. The zero-order valence-electron chi connectivity index (χ0n) is 11.9. The predicted octanol–water partition coefficient (Wildman–Crippen LogP) is 3.10. The van der Waals surface area contributed by atoms with E-state index in [1.165, 1.54) is 0 Å². The number of rotatable bonds is 4. The van der Waals surface area contributed by atoms with Gasteiger partial charge in [-0.3, -0.25) is 4.79 Å². The van der Waals surface area contributed by atoms with E-state index in [0.29, 0.717) is 11.6 Å².